The molecule has 0 radical (unpaired) electrons. The lowest BCUT2D eigenvalue weighted by Gasteiger charge is -2.15. The van der Waals surface area contributed by atoms with E-state index in [1.807, 2.05) is 31.2 Å². The Morgan fingerprint density at radius 1 is 0.900 bits per heavy atom. The van der Waals surface area contributed by atoms with Gasteiger partial charge in [-0.3, -0.25) is 24.1 Å². The van der Waals surface area contributed by atoms with Gasteiger partial charge in [0.2, 0.25) is 0 Å². The van der Waals surface area contributed by atoms with Crippen molar-refractivity contribution < 1.29 is 8.42 Å². The maximum absolute atomic E-state index is 13.4. The first kappa shape index (κ1) is 28.6. The number of hydrogen-bond donors (Lipinski definition) is 3. The summed E-state index contributed by atoms with van der Waals surface area (Å²) in [6.07, 6.45) is 0.633. The molecule has 5 aromatic rings. The van der Waals surface area contributed by atoms with Crippen molar-refractivity contribution in [2.24, 2.45) is 5.73 Å². The van der Waals surface area contributed by atoms with Crippen LogP contribution in [0.5, 0.6) is 0 Å². The Morgan fingerprint density at radius 3 is 2.27 bits per heavy atom. The molecule has 4 N–H and O–H groups in total. The zero-order chi connectivity index (χ0) is 27.7. The molecule has 0 saturated carbocycles. The summed E-state index contributed by atoms with van der Waals surface area (Å²) in [5, 5.41) is 9.57. The van der Waals surface area contributed by atoms with E-state index < -0.39 is 21.3 Å². The summed E-state index contributed by atoms with van der Waals surface area (Å²) in [4.78, 5) is 26.9. The van der Waals surface area contributed by atoms with Gasteiger partial charge >= 0.3 is 5.69 Å². The lowest BCUT2D eigenvalue weighted by molar-refractivity contribution is 0.593. The molecule has 0 fully saturated rings. The maximum Gasteiger partial charge on any atom is 0.331 e. The molecular weight excluding hydrogens is 550 g/mol. The van der Waals surface area contributed by atoms with Crippen LogP contribution in [0.1, 0.15) is 24.5 Å². The van der Waals surface area contributed by atoms with E-state index in [9.17, 15) is 18.0 Å². The molecule has 0 aliphatic carbocycles. The average Bonchev–Trinajstić information content (AvgIpc) is 2.93. The smallest absolute Gasteiger partial charge is 0.331 e. The molecule has 0 aliphatic rings. The first-order valence-electron chi connectivity index (χ1n) is 12.4. The van der Waals surface area contributed by atoms with Crippen LogP contribution in [0.25, 0.3) is 21.7 Å². The molecule has 5 rings (SSSR count). The molecule has 1 heterocycles. The van der Waals surface area contributed by atoms with Gasteiger partial charge in [0.05, 0.1) is 28.0 Å². The predicted octanol–water partition coefficient (Wildman–Crippen LogP) is 4.28. The molecule has 1 aromatic heterocycles. The van der Waals surface area contributed by atoms with E-state index in [-0.39, 0.29) is 35.4 Å². The Balaban J connectivity index is 0.00000370. The van der Waals surface area contributed by atoms with Gasteiger partial charge in [0.15, 0.2) is 0 Å². The molecule has 40 heavy (non-hydrogen) atoms. The number of nitrogens with one attached hydrogen (secondary N) is 2. The third kappa shape index (κ3) is 5.49. The maximum atomic E-state index is 13.4. The van der Waals surface area contributed by atoms with Crippen LogP contribution in [0, 0.1) is 5.41 Å². The Morgan fingerprint density at radius 2 is 1.60 bits per heavy atom. The van der Waals surface area contributed by atoms with Crippen LogP contribution >= 0.6 is 12.4 Å². The summed E-state index contributed by atoms with van der Waals surface area (Å²) >= 11 is 0. The fourth-order valence-corrected chi connectivity index (χ4v) is 5.66. The third-order valence-electron chi connectivity index (χ3n) is 6.56. The van der Waals surface area contributed by atoms with Gasteiger partial charge in [-0.25, -0.2) is 13.2 Å². The van der Waals surface area contributed by atoms with Crippen LogP contribution in [-0.4, -0.2) is 23.4 Å². The zero-order valence-electron chi connectivity index (χ0n) is 21.6. The van der Waals surface area contributed by atoms with Crippen molar-refractivity contribution in [2.75, 3.05) is 4.72 Å². The van der Waals surface area contributed by atoms with Gasteiger partial charge in [-0.15, -0.1) is 12.4 Å². The van der Waals surface area contributed by atoms with Crippen molar-refractivity contribution in [1.82, 2.24) is 9.13 Å². The number of nitrogens with two attached hydrogens (primary N) is 1. The van der Waals surface area contributed by atoms with Crippen molar-refractivity contribution >= 4 is 55.6 Å². The summed E-state index contributed by atoms with van der Waals surface area (Å²) in [6, 6.07) is 23.7. The number of halogens is 1. The molecule has 0 unspecified atom stereocenters. The molecule has 0 bridgehead atoms. The van der Waals surface area contributed by atoms with Gasteiger partial charge in [-0.05, 0) is 53.1 Å². The van der Waals surface area contributed by atoms with Gasteiger partial charge in [0, 0.05) is 12.1 Å². The third-order valence-corrected chi connectivity index (χ3v) is 7.94. The van der Waals surface area contributed by atoms with E-state index in [1.165, 1.54) is 27.3 Å². The zero-order valence-corrected chi connectivity index (χ0v) is 23.3. The number of aromatic nitrogens is 2. The number of nitrogen functional groups attached to an aromatic ring is 1. The Kier molecular flexibility index (Phi) is 8.13. The molecule has 4 aromatic carbocycles. The van der Waals surface area contributed by atoms with Crippen LogP contribution in [0.4, 0.5) is 5.69 Å². The highest BCUT2D eigenvalue weighted by molar-refractivity contribution is 7.92. The highest BCUT2D eigenvalue weighted by atomic mass is 35.5. The number of hydrogen-bond acceptors (Lipinski definition) is 5. The molecule has 0 saturated heterocycles. The number of aryl methyl sites for hydroxylation is 1. The van der Waals surface area contributed by atoms with Gasteiger partial charge < -0.3 is 5.73 Å². The van der Waals surface area contributed by atoms with Gasteiger partial charge in [0.25, 0.3) is 15.6 Å². The van der Waals surface area contributed by atoms with E-state index in [2.05, 4.69) is 4.72 Å². The number of nitrogens with zero attached hydrogens (tertiary/aromatic N) is 2. The summed E-state index contributed by atoms with van der Waals surface area (Å²) in [6.45, 7) is 2.31. The number of benzene rings is 4. The quantitative estimate of drug-likeness (QED) is 0.186. The number of amidine groups is 1. The fourth-order valence-electron chi connectivity index (χ4n) is 4.58. The van der Waals surface area contributed by atoms with Crippen molar-refractivity contribution in [3.63, 3.8) is 0 Å². The number of rotatable bonds is 8. The minimum atomic E-state index is -3.92. The fraction of sp³-hybridized carbons (Fsp3) is 0.138. The first-order valence-corrected chi connectivity index (χ1v) is 13.9. The van der Waals surface area contributed by atoms with Crippen LogP contribution in [0.3, 0.4) is 0 Å². The SMILES string of the molecule is CCCn1c(=O)n(Cc2ccc(C(=N)N)cc2)c(=O)c2ccc(NS(=O)(=O)c3ccc4ccccc4c3)cc21.Cl. The lowest BCUT2D eigenvalue weighted by Crippen LogP contribution is -2.40. The van der Waals surface area contributed by atoms with Crippen molar-refractivity contribution in [2.45, 2.75) is 31.3 Å². The van der Waals surface area contributed by atoms with E-state index in [0.717, 1.165) is 10.8 Å². The minimum absolute atomic E-state index is 0. The predicted molar refractivity (Wildman–Crippen MR) is 161 cm³/mol. The Hall–Kier alpha value is -4.41. The molecule has 206 valence electrons. The number of anilines is 1. The molecule has 0 amide bonds. The summed E-state index contributed by atoms with van der Waals surface area (Å²) in [5.41, 5.74) is 6.42. The Labute approximate surface area is 236 Å². The van der Waals surface area contributed by atoms with Crippen LogP contribution in [-0.2, 0) is 23.1 Å². The van der Waals surface area contributed by atoms with Crippen molar-refractivity contribution in [3.05, 3.63) is 117 Å². The molecular formula is C29H28ClN5O4S. The summed E-state index contributed by atoms with van der Waals surface area (Å²) in [5.74, 6) is -0.0678. The molecule has 0 aliphatic heterocycles. The van der Waals surface area contributed by atoms with Crippen molar-refractivity contribution in [1.29, 1.82) is 5.41 Å². The Bertz CT molecular complexity index is 1970. The highest BCUT2D eigenvalue weighted by Gasteiger charge is 2.18. The monoisotopic (exact) mass is 577 g/mol. The minimum Gasteiger partial charge on any atom is -0.384 e. The summed E-state index contributed by atoms with van der Waals surface area (Å²) < 4.78 is 31.6. The molecule has 0 spiro atoms. The standard InChI is InChI=1S/C29H27N5O4S.ClH/c1-2-15-33-26-17-23(32-39(37,38)24-13-11-20-5-3-4-6-22(20)16-24)12-14-25(26)28(35)34(29(33)36)18-19-7-9-21(10-8-19)27(30)31;/h3-14,16-17,32H,2,15,18H2,1H3,(H3,30,31);1H. The van der Waals surface area contributed by atoms with Crippen LogP contribution in [0.15, 0.2) is 99.4 Å². The van der Waals surface area contributed by atoms with Crippen LogP contribution < -0.4 is 21.7 Å². The number of fused-ring (bicyclic) bond motifs is 2. The highest BCUT2D eigenvalue weighted by Crippen LogP contribution is 2.23. The van der Waals surface area contributed by atoms with E-state index in [0.29, 0.717) is 35.0 Å². The second kappa shape index (κ2) is 11.4. The van der Waals surface area contributed by atoms with Gasteiger partial charge in [-0.1, -0.05) is 61.5 Å². The molecule has 11 heteroatoms. The average molecular weight is 578 g/mol. The second-order valence-corrected chi connectivity index (χ2v) is 11.0. The van der Waals surface area contributed by atoms with E-state index >= 15 is 0 Å². The normalized spacial score (nSPS) is 11.3. The molecule has 0 atom stereocenters. The summed E-state index contributed by atoms with van der Waals surface area (Å²) in [7, 11) is -3.92. The van der Waals surface area contributed by atoms with Gasteiger partial charge in [0.1, 0.15) is 5.84 Å². The largest absolute Gasteiger partial charge is 0.384 e. The lowest BCUT2D eigenvalue weighted by atomic mass is 10.1. The van der Waals surface area contributed by atoms with E-state index in [4.69, 9.17) is 11.1 Å². The first-order chi connectivity index (χ1) is 18.7. The second-order valence-electron chi connectivity index (χ2n) is 9.28. The number of sulfonamides is 1. The van der Waals surface area contributed by atoms with Crippen LogP contribution in [0.2, 0.25) is 0 Å². The molecule has 9 nitrogen and oxygen atoms in total. The topological polar surface area (TPSA) is 140 Å². The van der Waals surface area contributed by atoms with Gasteiger partial charge in [-0.2, -0.15) is 0 Å². The van der Waals surface area contributed by atoms with E-state index in [1.54, 1.807) is 42.5 Å². The van der Waals surface area contributed by atoms with Crippen molar-refractivity contribution in [3.8, 4) is 0 Å².